The molecule has 0 aliphatic carbocycles. The van der Waals surface area contributed by atoms with Gasteiger partial charge < -0.3 is 15.0 Å². The molecule has 5 nitrogen and oxygen atoms in total. The highest BCUT2D eigenvalue weighted by atomic mass is 19.1. The molecular weight excluding hydrogens is 369 g/mol. The number of fused-ring (bicyclic) bond motifs is 1. The summed E-state index contributed by atoms with van der Waals surface area (Å²) in [5.74, 6) is -0.375. The predicted molar refractivity (Wildman–Crippen MR) is 112 cm³/mol. The van der Waals surface area contributed by atoms with Crippen LogP contribution < -0.4 is 5.32 Å². The van der Waals surface area contributed by atoms with Crippen molar-refractivity contribution in [2.24, 2.45) is 0 Å². The number of aryl methyl sites for hydroxylation is 2. The van der Waals surface area contributed by atoms with Crippen molar-refractivity contribution in [1.82, 2.24) is 15.2 Å². The number of amides is 1. The third-order valence-corrected chi connectivity index (χ3v) is 5.79. The molecule has 0 bridgehead atoms. The van der Waals surface area contributed by atoms with Gasteiger partial charge in [0, 0.05) is 30.7 Å². The van der Waals surface area contributed by atoms with E-state index in [1.165, 1.54) is 12.1 Å². The van der Waals surface area contributed by atoms with Crippen LogP contribution in [0.3, 0.4) is 0 Å². The number of benzene rings is 2. The molecule has 0 saturated carbocycles. The smallest absolute Gasteiger partial charge is 0.253 e. The van der Waals surface area contributed by atoms with Crippen molar-refractivity contribution in [2.45, 2.75) is 19.9 Å². The monoisotopic (exact) mass is 395 g/mol. The van der Waals surface area contributed by atoms with Crippen LogP contribution in [0, 0.1) is 19.7 Å². The lowest BCUT2D eigenvalue weighted by Crippen LogP contribution is -2.43. The molecule has 152 valence electrons. The number of rotatable bonds is 5. The molecule has 1 saturated heterocycles. The van der Waals surface area contributed by atoms with E-state index in [2.05, 4.69) is 22.1 Å². The van der Waals surface area contributed by atoms with Crippen LogP contribution >= 0.6 is 0 Å². The van der Waals surface area contributed by atoms with E-state index in [0.717, 1.165) is 40.8 Å². The van der Waals surface area contributed by atoms with Crippen LogP contribution in [0.5, 0.6) is 0 Å². The lowest BCUT2D eigenvalue weighted by Gasteiger charge is -2.35. The average Bonchev–Trinajstić information content (AvgIpc) is 3.04. The van der Waals surface area contributed by atoms with E-state index in [1.807, 2.05) is 25.1 Å². The number of nitrogens with one attached hydrogen (secondary N) is 2. The van der Waals surface area contributed by atoms with Gasteiger partial charge in [0.15, 0.2) is 0 Å². The van der Waals surface area contributed by atoms with Crippen LogP contribution in [0.1, 0.15) is 33.2 Å². The molecule has 1 fully saturated rings. The first-order valence-corrected chi connectivity index (χ1v) is 9.98. The summed E-state index contributed by atoms with van der Waals surface area (Å²) >= 11 is 0. The summed E-state index contributed by atoms with van der Waals surface area (Å²) in [6, 6.07) is 12.3. The lowest BCUT2D eigenvalue weighted by atomic mass is 10.0. The maximum Gasteiger partial charge on any atom is 0.253 e. The zero-order chi connectivity index (χ0) is 20.4. The Morgan fingerprint density at radius 1 is 1.17 bits per heavy atom. The van der Waals surface area contributed by atoms with Crippen molar-refractivity contribution in [3.05, 3.63) is 70.7 Å². The number of halogens is 1. The molecule has 1 aliphatic heterocycles. The fourth-order valence-electron chi connectivity index (χ4n) is 3.99. The van der Waals surface area contributed by atoms with Gasteiger partial charge in [0.25, 0.3) is 5.91 Å². The number of carbonyl (C=O) groups is 1. The van der Waals surface area contributed by atoms with Gasteiger partial charge >= 0.3 is 0 Å². The van der Waals surface area contributed by atoms with Crippen molar-refractivity contribution in [1.29, 1.82) is 0 Å². The zero-order valence-corrected chi connectivity index (χ0v) is 16.8. The maximum atomic E-state index is 13.4. The third-order valence-electron chi connectivity index (χ3n) is 5.79. The first-order chi connectivity index (χ1) is 14.0. The van der Waals surface area contributed by atoms with E-state index < -0.39 is 0 Å². The minimum Gasteiger partial charge on any atom is -0.379 e. The lowest BCUT2D eigenvalue weighted by molar-refractivity contribution is 0.0162. The SMILES string of the molecule is Cc1[nH]c2c(C(=O)NCC(c3ccc(F)cc3)N3CCOCC3)cccc2c1C. The minimum absolute atomic E-state index is 0.0326. The molecule has 0 spiro atoms. The van der Waals surface area contributed by atoms with E-state index in [0.29, 0.717) is 25.3 Å². The zero-order valence-electron chi connectivity index (χ0n) is 16.8. The molecule has 2 N–H and O–H groups in total. The molecule has 4 rings (SSSR count). The van der Waals surface area contributed by atoms with E-state index in [4.69, 9.17) is 4.74 Å². The van der Waals surface area contributed by atoms with E-state index in [1.54, 1.807) is 12.1 Å². The summed E-state index contributed by atoms with van der Waals surface area (Å²) in [5.41, 5.74) is 4.71. The van der Waals surface area contributed by atoms with Gasteiger partial charge in [-0.2, -0.15) is 0 Å². The summed E-state index contributed by atoms with van der Waals surface area (Å²) in [7, 11) is 0. The molecule has 1 aliphatic rings. The molecule has 1 aromatic heterocycles. The summed E-state index contributed by atoms with van der Waals surface area (Å²) in [6.45, 7) is 7.39. The second kappa shape index (κ2) is 8.35. The Balaban J connectivity index is 1.56. The van der Waals surface area contributed by atoms with Crippen LogP contribution in [0.2, 0.25) is 0 Å². The molecular formula is C23H26FN3O2. The van der Waals surface area contributed by atoms with Gasteiger partial charge in [0.1, 0.15) is 5.82 Å². The van der Waals surface area contributed by atoms with Gasteiger partial charge in [-0.3, -0.25) is 9.69 Å². The van der Waals surface area contributed by atoms with Crippen molar-refractivity contribution in [2.75, 3.05) is 32.8 Å². The number of morpholine rings is 1. The van der Waals surface area contributed by atoms with E-state index in [9.17, 15) is 9.18 Å². The van der Waals surface area contributed by atoms with Crippen molar-refractivity contribution >= 4 is 16.8 Å². The van der Waals surface area contributed by atoms with Crippen molar-refractivity contribution in [3.63, 3.8) is 0 Å². The highest BCUT2D eigenvalue weighted by molar-refractivity contribution is 6.06. The normalized spacial score (nSPS) is 16.1. The second-order valence-electron chi connectivity index (χ2n) is 7.53. The summed E-state index contributed by atoms with van der Waals surface area (Å²) in [4.78, 5) is 18.6. The summed E-state index contributed by atoms with van der Waals surface area (Å²) in [5, 5.41) is 4.16. The Hall–Kier alpha value is -2.70. The molecule has 1 atom stereocenters. The predicted octanol–water partition coefficient (Wildman–Crippen LogP) is 3.73. The van der Waals surface area contributed by atoms with Crippen molar-refractivity contribution < 1.29 is 13.9 Å². The Morgan fingerprint density at radius 2 is 1.90 bits per heavy atom. The highest BCUT2D eigenvalue weighted by Gasteiger charge is 2.24. The topological polar surface area (TPSA) is 57.4 Å². The molecule has 6 heteroatoms. The van der Waals surface area contributed by atoms with Gasteiger partial charge in [-0.05, 0) is 43.2 Å². The fraction of sp³-hybridized carbons (Fsp3) is 0.348. The number of hydrogen-bond acceptors (Lipinski definition) is 3. The number of para-hydroxylation sites is 1. The van der Waals surface area contributed by atoms with Gasteiger partial charge in [-0.1, -0.05) is 24.3 Å². The summed E-state index contributed by atoms with van der Waals surface area (Å²) < 4.78 is 18.9. The first kappa shape index (κ1) is 19.6. The number of hydrogen-bond donors (Lipinski definition) is 2. The number of carbonyl (C=O) groups excluding carboxylic acids is 1. The van der Waals surface area contributed by atoms with Crippen molar-refractivity contribution in [3.8, 4) is 0 Å². The van der Waals surface area contributed by atoms with Crippen LogP contribution in [-0.2, 0) is 4.74 Å². The largest absolute Gasteiger partial charge is 0.379 e. The molecule has 3 aromatic rings. The first-order valence-electron chi connectivity index (χ1n) is 9.98. The Bertz CT molecular complexity index is 1010. The van der Waals surface area contributed by atoms with Gasteiger partial charge in [0.05, 0.1) is 30.3 Å². The average molecular weight is 395 g/mol. The molecule has 29 heavy (non-hydrogen) atoms. The molecule has 1 unspecified atom stereocenters. The molecule has 0 radical (unpaired) electrons. The third kappa shape index (κ3) is 4.04. The standard InChI is InChI=1S/C23H26FN3O2/c1-15-16(2)26-22-19(15)4-3-5-20(22)23(28)25-14-21(27-10-12-29-13-11-27)17-6-8-18(24)9-7-17/h3-9,21,26H,10-14H2,1-2H3,(H,25,28). The number of H-pyrrole nitrogens is 1. The number of nitrogens with zero attached hydrogens (tertiary/aromatic N) is 1. The number of aromatic amines is 1. The fourth-order valence-corrected chi connectivity index (χ4v) is 3.99. The second-order valence-corrected chi connectivity index (χ2v) is 7.53. The van der Waals surface area contributed by atoms with Crippen LogP contribution in [0.25, 0.3) is 10.9 Å². The van der Waals surface area contributed by atoms with Crippen LogP contribution in [0.4, 0.5) is 4.39 Å². The minimum atomic E-state index is -0.261. The number of ether oxygens (including phenoxy) is 1. The van der Waals surface area contributed by atoms with Gasteiger partial charge in [0.2, 0.25) is 0 Å². The summed E-state index contributed by atoms with van der Waals surface area (Å²) in [6.07, 6.45) is 0. The quantitative estimate of drug-likeness (QED) is 0.692. The van der Waals surface area contributed by atoms with E-state index in [-0.39, 0.29) is 17.8 Å². The molecule has 2 heterocycles. The van der Waals surface area contributed by atoms with E-state index >= 15 is 0 Å². The molecule has 1 amide bonds. The molecule has 2 aromatic carbocycles. The highest BCUT2D eigenvalue weighted by Crippen LogP contribution is 2.25. The maximum absolute atomic E-state index is 13.4. The van der Waals surface area contributed by atoms with Gasteiger partial charge in [-0.15, -0.1) is 0 Å². The van der Waals surface area contributed by atoms with Crippen LogP contribution in [0.15, 0.2) is 42.5 Å². The van der Waals surface area contributed by atoms with Crippen LogP contribution in [-0.4, -0.2) is 48.6 Å². The Labute approximate surface area is 169 Å². The Kier molecular flexibility index (Phi) is 5.65. The van der Waals surface area contributed by atoms with Gasteiger partial charge in [-0.25, -0.2) is 4.39 Å². The number of aromatic nitrogens is 1. The Morgan fingerprint density at radius 3 is 2.62 bits per heavy atom.